The Balaban J connectivity index is 1.79. The lowest BCUT2D eigenvalue weighted by molar-refractivity contribution is 0.0796. The van der Waals surface area contributed by atoms with E-state index in [4.69, 9.17) is 4.74 Å². The van der Waals surface area contributed by atoms with E-state index in [-0.39, 0.29) is 16.7 Å². The summed E-state index contributed by atoms with van der Waals surface area (Å²) in [5.41, 5.74) is 1.41. The summed E-state index contributed by atoms with van der Waals surface area (Å²) in [7, 11) is -2.04. The van der Waals surface area contributed by atoms with E-state index in [2.05, 4.69) is 9.71 Å². The number of nitrogens with one attached hydrogen (secondary N) is 1. The smallest absolute Gasteiger partial charge is 0.265 e. The molecule has 0 radical (unpaired) electrons. The van der Waals surface area contributed by atoms with Crippen LogP contribution in [-0.4, -0.2) is 57.6 Å². The summed E-state index contributed by atoms with van der Waals surface area (Å²) in [5, 5.41) is 2.42. The number of thiophene rings is 1. The van der Waals surface area contributed by atoms with Crippen LogP contribution in [0.3, 0.4) is 0 Å². The number of thiazole rings is 1. The van der Waals surface area contributed by atoms with Crippen molar-refractivity contribution in [3.05, 3.63) is 22.0 Å². The third kappa shape index (κ3) is 4.15. The van der Waals surface area contributed by atoms with Gasteiger partial charge in [0, 0.05) is 37.7 Å². The maximum absolute atomic E-state index is 12.6. The van der Waals surface area contributed by atoms with Crippen LogP contribution in [0.2, 0.25) is 0 Å². The Morgan fingerprint density at radius 3 is 2.81 bits per heavy atom. The molecule has 2 aromatic rings. The van der Waals surface area contributed by atoms with Gasteiger partial charge < -0.3 is 9.64 Å². The van der Waals surface area contributed by atoms with Gasteiger partial charge in [0.05, 0.1) is 12.3 Å². The number of hydrogen-bond acceptors (Lipinski definition) is 7. The molecule has 0 spiro atoms. The molecule has 0 unspecified atom stereocenters. The monoisotopic (exact) mass is 415 g/mol. The topological polar surface area (TPSA) is 88.6 Å². The minimum atomic E-state index is -3.56. The van der Waals surface area contributed by atoms with Crippen LogP contribution < -0.4 is 4.72 Å². The molecule has 7 nitrogen and oxygen atoms in total. The number of aryl methyl sites for hydroxylation is 1. The van der Waals surface area contributed by atoms with Gasteiger partial charge in [-0.05, 0) is 25.8 Å². The van der Waals surface area contributed by atoms with Crippen molar-refractivity contribution < 1.29 is 17.9 Å². The molecule has 26 heavy (non-hydrogen) atoms. The van der Waals surface area contributed by atoms with Gasteiger partial charge >= 0.3 is 0 Å². The molecule has 1 N–H and O–H groups in total. The Hall–Kier alpha value is -1.33. The standard InChI is InChI=1S/C16H21N3O4S3/c1-11-14(16(20)19-6-3-4-7-19)25-15(18-11)12-9-13(24-10-12)26(21,22)17-5-8-23-2/h9-10,17H,3-8H2,1-2H3. The lowest BCUT2D eigenvalue weighted by Gasteiger charge is -2.13. The van der Waals surface area contributed by atoms with Crippen molar-refractivity contribution in [2.45, 2.75) is 24.0 Å². The number of methoxy groups -OCH3 is 1. The van der Waals surface area contributed by atoms with Gasteiger partial charge in [-0.1, -0.05) is 0 Å². The highest BCUT2D eigenvalue weighted by Gasteiger charge is 2.25. The van der Waals surface area contributed by atoms with Crippen molar-refractivity contribution in [2.75, 3.05) is 33.4 Å². The molecule has 1 fully saturated rings. The van der Waals surface area contributed by atoms with Crippen LogP contribution in [0.1, 0.15) is 28.2 Å². The van der Waals surface area contributed by atoms with Crippen molar-refractivity contribution in [1.82, 2.24) is 14.6 Å². The van der Waals surface area contributed by atoms with E-state index in [1.807, 2.05) is 11.8 Å². The average molecular weight is 416 g/mol. The number of carbonyl (C=O) groups is 1. The molecule has 1 aliphatic rings. The molecule has 0 atom stereocenters. The highest BCUT2D eigenvalue weighted by molar-refractivity contribution is 7.91. The van der Waals surface area contributed by atoms with Gasteiger partial charge in [-0.25, -0.2) is 18.1 Å². The highest BCUT2D eigenvalue weighted by Crippen LogP contribution is 2.33. The predicted molar refractivity (Wildman–Crippen MR) is 102 cm³/mol. The van der Waals surface area contributed by atoms with Gasteiger partial charge in [0.1, 0.15) is 14.1 Å². The molecule has 2 aromatic heterocycles. The molecular weight excluding hydrogens is 394 g/mol. The zero-order valence-electron chi connectivity index (χ0n) is 14.6. The summed E-state index contributed by atoms with van der Waals surface area (Å²) < 4.78 is 32.1. The maximum Gasteiger partial charge on any atom is 0.265 e. The first-order valence-corrected chi connectivity index (χ1v) is 11.4. The summed E-state index contributed by atoms with van der Waals surface area (Å²) in [6.07, 6.45) is 2.08. The normalized spacial score (nSPS) is 14.9. The van der Waals surface area contributed by atoms with E-state index in [1.54, 1.807) is 11.4 Å². The van der Waals surface area contributed by atoms with Crippen LogP contribution in [0.5, 0.6) is 0 Å². The molecule has 1 amide bonds. The molecule has 0 aromatic carbocycles. The summed E-state index contributed by atoms with van der Waals surface area (Å²) >= 11 is 2.46. The quantitative estimate of drug-likeness (QED) is 0.701. The summed E-state index contributed by atoms with van der Waals surface area (Å²) in [4.78, 5) is 19.6. The number of sulfonamides is 1. The van der Waals surface area contributed by atoms with E-state index < -0.39 is 10.0 Å². The van der Waals surface area contributed by atoms with Crippen LogP contribution >= 0.6 is 22.7 Å². The Morgan fingerprint density at radius 2 is 2.12 bits per heavy atom. The van der Waals surface area contributed by atoms with E-state index in [0.29, 0.717) is 22.2 Å². The zero-order valence-corrected chi connectivity index (χ0v) is 17.1. The van der Waals surface area contributed by atoms with Crippen LogP contribution in [-0.2, 0) is 14.8 Å². The third-order valence-corrected chi connectivity index (χ3v) is 8.16. The Morgan fingerprint density at radius 1 is 1.38 bits per heavy atom. The van der Waals surface area contributed by atoms with Crippen molar-refractivity contribution in [1.29, 1.82) is 0 Å². The first-order valence-electron chi connectivity index (χ1n) is 8.26. The number of aromatic nitrogens is 1. The Bertz CT molecular complexity index is 882. The fourth-order valence-corrected chi connectivity index (χ4v) is 6.02. The average Bonchev–Trinajstić information content (AvgIpc) is 3.34. The second-order valence-corrected chi connectivity index (χ2v) is 9.88. The molecule has 0 bridgehead atoms. The van der Waals surface area contributed by atoms with E-state index in [1.165, 1.54) is 18.4 Å². The molecule has 10 heteroatoms. The predicted octanol–water partition coefficient (Wildman–Crippen LogP) is 2.34. The van der Waals surface area contributed by atoms with Gasteiger partial charge in [-0.2, -0.15) is 0 Å². The second kappa shape index (κ2) is 8.13. The van der Waals surface area contributed by atoms with Gasteiger partial charge in [0.25, 0.3) is 5.91 Å². The van der Waals surface area contributed by atoms with Crippen molar-refractivity contribution in [3.8, 4) is 10.6 Å². The largest absolute Gasteiger partial charge is 0.383 e. The third-order valence-electron chi connectivity index (χ3n) is 4.07. The summed E-state index contributed by atoms with van der Waals surface area (Å²) in [6, 6.07) is 1.60. The Labute approximate surface area is 161 Å². The second-order valence-electron chi connectivity index (χ2n) is 5.98. The van der Waals surface area contributed by atoms with Crippen LogP contribution in [0.25, 0.3) is 10.6 Å². The van der Waals surface area contributed by atoms with Gasteiger partial charge in [0.2, 0.25) is 10.0 Å². The summed E-state index contributed by atoms with van der Waals surface area (Å²) in [5.74, 6) is 0.0213. The number of amides is 1. The molecule has 0 saturated carbocycles. The van der Waals surface area contributed by atoms with Gasteiger partial charge in [-0.15, -0.1) is 22.7 Å². The number of nitrogens with zero attached hydrogens (tertiary/aromatic N) is 2. The van der Waals surface area contributed by atoms with Gasteiger partial charge in [0.15, 0.2) is 0 Å². The molecule has 0 aliphatic carbocycles. The van der Waals surface area contributed by atoms with Crippen LogP contribution in [0, 0.1) is 6.92 Å². The van der Waals surface area contributed by atoms with E-state index >= 15 is 0 Å². The lowest BCUT2D eigenvalue weighted by Crippen LogP contribution is -2.27. The van der Waals surface area contributed by atoms with E-state index in [9.17, 15) is 13.2 Å². The SMILES string of the molecule is COCCNS(=O)(=O)c1cc(-c2nc(C)c(C(=O)N3CCCC3)s2)cs1. The molecule has 142 valence electrons. The van der Waals surface area contributed by atoms with Gasteiger partial charge in [-0.3, -0.25) is 4.79 Å². The molecule has 3 heterocycles. The first kappa shape index (κ1) is 19.4. The van der Waals surface area contributed by atoms with Crippen molar-refractivity contribution in [2.24, 2.45) is 0 Å². The van der Waals surface area contributed by atoms with Crippen LogP contribution in [0.4, 0.5) is 0 Å². The summed E-state index contributed by atoms with van der Waals surface area (Å²) in [6.45, 7) is 3.93. The number of rotatable bonds is 7. The number of likely N-dealkylation sites (tertiary alicyclic amines) is 1. The van der Waals surface area contributed by atoms with Crippen molar-refractivity contribution >= 4 is 38.6 Å². The minimum Gasteiger partial charge on any atom is -0.383 e. The van der Waals surface area contributed by atoms with E-state index in [0.717, 1.165) is 42.8 Å². The van der Waals surface area contributed by atoms with Crippen molar-refractivity contribution in [3.63, 3.8) is 0 Å². The zero-order chi connectivity index (χ0) is 18.7. The molecular formula is C16H21N3O4S3. The number of carbonyl (C=O) groups excluding carboxylic acids is 1. The molecule has 3 rings (SSSR count). The minimum absolute atomic E-state index is 0.0213. The molecule has 1 saturated heterocycles. The number of ether oxygens (including phenoxy) is 1. The Kier molecular flexibility index (Phi) is 6.08. The lowest BCUT2D eigenvalue weighted by atomic mass is 10.3. The first-order chi connectivity index (χ1) is 12.4. The highest BCUT2D eigenvalue weighted by atomic mass is 32.2. The fraction of sp³-hybridized carbons (Fsp3) is 0.500. The maximum atomic E-state index is 12.6. The fourth-order valence-electron chi connectivity index (χ4n) is 2.70. The number of hydrogen-bond donors (Lipinski definition) is 1. The molecule has 1 aliphatic heterocycles. The van der Waals surface area contributed by atoms with Crippen LogP contribution in [0.15, 0.2) is 15.7 Å².